The van der Waals surface area contributed by atoms with E-state index in [-0.39, 0.29) is 23.7 Å². The summed E-state index contributed by atoms with van der Waals surface area (Å²) in [5.74, 6) is 0. The van der Waals surface area contributed by atoms with Crippen molar-refractivity contribution in [2.75, 3.05) is 0 Å². The summed E-state index contributed by atoms with van der Waals surface area (Å²) in [4.78, 5) is 0. The molecule has 1 aliphatic carbocycles. The van der Waals surface area contributed by atoms with Crippen LogP contribution in [-0.2, 0) is 14.7 Å². The van der Waals surface area contributed by atoms with Gasteiger partial charge >= 0.3 is 7.12 Å². The monoisotopic (exact) mass is 446 g/mol. The summed E-state index contributed by atoms with van der Waals surface area (Å²) in [6, 6.07) is 28.8. The lowest BCUT2D eigenvalue weighted by molar-refractivity contribution is 0.00578. The van der Waals surface area contributed by atoms with E-state index in [1.54, 1.807) is 0 Å². The highest BCUT2D eigenvalue weighted by molar-refractivity contribution is 6.65. The maximum Gasteiger partial charge on any atom is 0.495 e. The molecule has 1 fully saturated rings. The van der Waals surface area contributed by atoms with Crippen molar-refractivity contribution < 1.29 is 9.31 Å². The number of hydrogen-bond donors (Lipinski definition) is 0. The lowest BCUT2D eigenvalue weighted by Crippen LogP contribution is -2.41. The minimum absolute atomic E-state index is 0.0210. The van der Waals surface area contributed by atoms with Gasteiger partial charge in [0.25, 0.3) is 0 Å². The molecule has 1 aliphatic heterocycles. The first-order valence-electron chi connectivity index (χ1n) is 12.2. The predicted octanol–water partition coefficient (Wildman–Crippen LogP) is 7.11. The number of hydrogen-bond acceptors (Lipinski definition) is 2. The van der Waals surface area contributed by atoms with Gasteiger partial charge in [0, 0.05) is 5.41 Å². The molecule has 0 atom stereocenters. The lowest BCUT2D eigenvalue weighted by Gasteiger charge is -2.32. The Balaban J connectivity index is 1.49. The van der Waals surface area contributed by atoms with E-state index in [0.717, 1.165) is 5.46 Å². The summed E-state index contributed by atoms with van der Waals surface area (Å²) >= 11 is 0. The zero-order valence-electron chi connectivity index (χ0n) is 20.9. The summed E-state index contributed by atoms with van der Waals surface area (Å²) in [5, 5.41) is 2.40. The molecule has 0 radical (unpaired) electrons. The van der Waals surface area contributed by atoms with E-state index < -0.39 is 0 Å². The summed E-state index contributed by atoms with van der Waals surface area (Å²) in [6.07, 6.45) is 0. The number of fused-ring (bicyclic) bond motifs is 4. The highest BCUT2D eigenvalue weighted by atomic mass is 16.7. The first kappa shape index (κ1) is 21.6. The Morgan fingerprint density at radius 1 is 0.559 bits per heavy atom. The van der Waals surface area contributed by atoms with E-state index >= 15 is 0 Å². The molecule has 0 unspecified atom stereocenters. The van der Waals surface area contributed by atoms with Crippen molar-refractivity contribution in [3.05, 3.63) is 90.0 Å². The van der Waals surface area contributed by atoms with Gasteiger partial charge in [-0.2, -0.15) is 0 Å². The highest BCUT2D eigenvalue weighted by Gasteiger charge is 2.52. The Morgan fingerprint density at radius 3 is 1.94 bits per heavy atom. The molecule has 4 aromatic rings. The van der Waals surface area contributed by atoms with Gasteiger partial charge in [-0.25, -0.2) is 0 Å². The van der Waals surface area contributed by atoms with Gasteiger partial charge in [-0.1, -0.05) is 86.6 Å². The standard InChI is InChI=1S/C31H31BO2/c1-29(2)26-15-8-7-11-23(26)25-19-20(17-18-27(25)29)21-12-9-14-24-22(21)13-10-16-28(24)32-33-30(3,4)31(5,6)34-32/h7-19H,1-6H3. The molecule has 3 heteroatoms. The van der Waals surface area contributed by atoms with Gasteiger partial charge < -0.3 is 9.31 Å². The minimum Gasteiger partial charge on any atom is -0.399 e. The van der Waals surface area contributed by atoms with Gasteiger partial charge in [-0.15, -0.1) is 0 Å². The summed E-state index contributed by atoms with van der Waals surface area (Å²) in [5.41, 5.74) is 8.36. The van der Waals surface area contributed by atoms with Gasteiger partial charge in [-0.3, -0.25) is 0 Å². The average Bonchev–Trinajstić information content (AvgIpc) is 3.18. The Hall–Kier alpha value is -2.88. The molecule has 0 N–H and O–H groups in total. The van der Waals surface area contributed by atoms with Crippen LogP contribution in [0.3, 0.4) is 0 Å². The van der Waals surface area contributed by atoms with Crippen molar-refractivity contribution in [3.8, 4) is 22.3 Å². The van der Waals surface area contributed by atoms with Gasteiger partial charge in [-0.05, 0) is 83.4 Å². The second-order valence-corrected chi connectivity index (χ2v) is 11.3. The molecule has 1 saturated heterocycles. The normalized spacial score (nSPS) is 19.3. The van der Waals surface area contributed by atoms with E-state index in [4.69, 9.17) is 9.31 Å². The van der Waals surface area contributed by atoms with Crippen molar-refractivity contribution in [1.29, 1.82) is 0 Å². The Morgan fingerprint density at radius 2 is 1.18 bits per heavy atom. The van der Waals surface area contributed by atoms with Gasteiger partial charge in [0.05, 0.1) is 11.2 Å². The first-order chi connectivity index (χ1) is 16.1. The molecule has 0 spiro atoms. The maximum atomic E-state index is 6.40. The Labute approximate surface area is 203 Å². The largest absolute Gasteiger partial charge is 0.495 e. The fourth-order valence-electron chi connectivity index (χ4n) is 5.65. The van der Waals surface area contributed by atoms with Gasteiger partial charge in [0.2, 0.25) is 0 Å². The van der Waals surface area contributed by atoms with Crippen molar-refractivity contribution >= 4 is 23.4 Å². The van der Waals surface area contributed by atoms with Crippen molar-refractivity contribution in [1.82, 2.24) is 0 Å². The Kier molecular flexibility index (Phi) is 4.50. The second-order valence-electron chi connectivity index (χ2n) is 11.3. The first-order valence-corrected chi connectivity index (χ1v) is 12.2. The van der Waals surface area contributed by atoms with Crippen LogP contribution in [0.1, 0.15) is 52.7 Å². The van der Waals surface area contributed by atoms with Crippen LogP contribution in [0.5, 0.6) is 0 Å². The molecule has 0 amide bonds. The van der Waals surface area contributed by atoms with Crippen LogP contribution < -0.4 is 5.46 Å². The van der Waals surface area contributed by atoms with E-state index in [2.05, 4.69) is 120 Å². The zero-order chi connectivity index (χ0) is 23.9. The molecule has 2 nitrogen and oxygen atoms in total. The van der Waals surface area contributed by atoms with Crippen molar-refractivity contribution in [2.45, 2.75) is 58.2 Å². The van der Waals surface area contributed by atoms with Crippen molar-refractivity contribution in [2.24, 2.45) is 0 Å². The van der Waals surface area contributed by atoms with E-state index in [1.165, 1.54) is 44.2 Å². The molecule has 2 aliphatic rings. The van der Waals surface area contributed by atoms with Crippen LogP contribution in [0.4, 0.5) is 0 Å². The third kappa shape index (κ3) is 2.97. The molecule has 0 aromatic heterocycles. The number of benzene rings is 4. The lowest BCUT2D eigenvalue weighted by atomic mass is 9.75. The molecule has 4 aromatic carbocycles. The fraction of sp³-hybridized carbons (Fsp3) is 0.290. The molecular weight excluding hydrogens is 415 g/mol. The SMILES string of the molecule is CC1(C)c2ccccc2-c2cc(-c3cccc4c(B5OC(C)(C)C(C)(C)O5)cccc34)ccc21. The molecule has 170 valence electrons. The van der Waals surface area contributed by atoms with Gasteiger partial charge in [0.1, 0.15) is 0 Å². The third-order valence-electron chi connectivity index (χ3n) is 8.36. The van der Waals surface area contributed by atoms with Crippen LogP contribution in [0.15, 0.2) is 78.9 Å². The summed E-state index contributed by atoms with van der Waals surface area (Å²) in [6.45, 7) is 13.1. The quantitative estimate of drug-likeness (QED) is 0.306. The van der Waals surface area contributed by atoms with Crippen LogP contribution in [0, 0.1) is 0 Å². The maximum absolute atomic E-state index is 6.40. The van der Waals surface area contributed by atoms with Crippen LogP contribution in [0.25, 0.3) is 33.0 Å². The van der Waals surface area contributed by atoms with Crippen molar-refractivity contribution in [3.63, 3.8) is 0 Å². The molecular formula is C31H31BO2. The fourth-order valence-corrected chi connectivity index (χ4v) is 5.65. The average molecular weight is 446 g/mol. The topological polar surface area (TPSA) is 18.5 Å². The molecule has 1 heterocycles. The minimum atomic E-state index is -0.378. The summed E-state index contributed by atoms with van der Waals surface area (Å²) in [7, 11) is -0.378. The number of rotatable bonds is 2. The van der Waals surface area contributed by atoms with Crippen LogP contribution in [0.2, 0.25) is 0 Å². The van der Waals surface area contributed by atoms with Crippen LogP contribution in [-0.4, -0.2) is 18.3 Å². The predicted molar refractivity (Wildman–Crippen MR) is 143 cm³/mol. The van der Waals surface area contributed by atoms with E-state index in [1.807, 2.05) is 0 Å². The van der Waals surface area contributed by atoms with E-state index in [0.29, 0.717) is 0 Å². The highest BCUT2D eigenvalue weighted by Crippen LogP contribution is 2.49. The van der Waals surface area contributed by atoms with Gasteiger partial charge in [0.15, 0.2) is 0 Å². The molecule has 34 heavy (non-hydrogen) atoms. The molecule has 0 bridgehead atoms. The molecule has 0 saturated carbocycles. The van der Waals surface area contributed by atoms with Crippen LogP contribution >= 0.6 is 0 Å². The summed E-state index contributed by atoms with van der Waals surface area (Å²) < 4.78 is 12.8. The third-order valence-corrected chi connectivity index (χ3v) is 8.36. The molecule has 6 rings (SSSR count). The Bertz CT molecular complexity index is 1430. The second kappa shape index (κ2) is 7.07. The zero-order valence-corrected chi connectivity index (χ0v) is 20.9. The van der Waals surface area contributed by atoms with E-state index in [9.17, 15) is 0 Å². The smallest absolute Gasteiger partial charge is 0.399 e.